The maximum atomic E-state index is 11.7. The van der Waals surface area contributed by atoms with Gasteiger partial charge in [-0.3, -0.25) is 0 Å². The van der Waals surface area contributed by atoms with E-state index in [0.717, 1.165) is 9.35 Å². The Morgan fingerprint density at radius 2 is 2.32 bits per heavy atom. The van der Waals surface area contributed by atoms with E-state index in [4.69, 9.17) is 9.84 Å². The highest BCUT2D eigenvalue weighted by molar-refractivity contribution is 9.11. The molecule has 0 atom stereocenters. The van der Waals surface area contributed by atoms with Crippen molar-refractivity contribution in [2.24, 2.45) is 0 Å². The summed E-state index contributed by atoms with van der Waals surface area (Å²) in [7, 11) is 1.69. The van der Waals surface area contributed by atoms with Crippen LogP contribution in [0.4, 0.5) is 4.79 Å². The highest BCUT2D eigenvalue weighted by atomic mass is 79.9. The first-order valence-electron chi connectivity index (χ1n) is 5.50. The van der Waals surface area contributed by atoms with Crippen LogP contribution in [0.15, 0.2) is 15.2 Å². The molecule has 1 rings (SSSR count). The topological polar surface area (TPSA) is 78.9 Å². The van der Waals surface area contributed by atoms with Gasteiger partial charge in [-0.25, -0.2) is 9.59 Å². The third kappa shape index (κ3) is 6.55. The summed E-state index contributed by atoms with van der Waals surface area (Å²) in [6.07, 6.45) is 0. The van der Waals surface area contributed by atoms with E-state index in [-0.39, 0.29) is 25.8 Å². The molecule has 0 radical (unpaired) electrons. The Balaban J connectivity index is 2.20. The number of nitrogens with zero attached hydrogens (tertiary/aromatic N) is 1. The van der Waals surface area contributed by atoms with Crippen molar-refractivity contribution in [3.63, 3.8) is 0 Å². The predicted molar refractivity (Wildman–Crippen MR) is 75.3 cm³/mol. The van der Waals surface area contributed by atoms with Crippen molar-refractivity contribution in [1.29, 1.82) is 0 Å². The van der Waals surface area contributed by atoms with Crippen LogP contribution in [0.5, 0.6) is 0 Å². The van der Waals surface area contributed by atoms with Gasteiger partial charge in [0.25, 0.3) is 0 Å². The molecule has 0 spiro atoms. The molecule has 106 valence electrons. The van der Waals surface area contributed by atoms with E-state index in [2.05, 4.69) is 21.2 Å². The van der Waals surface area contributed by atoms with E-state index < -0.39 is 5.97 Å². The molecule has 0 aliphatic heterocycles. The largest absolute Gasteiger partial charge is 0.480 e. The molecule has 1 heterocycles. The van der Waals surface area contributed by atoms with E-state index in [9.17, 15) is 9.59 Å². The van der Waals surface area contributed by atoms with Crippen molar-refractivity contribution >= 4 is 39.3 Å². The molecular weight excluding hydrogens is 336 g/mol. The van der Waals surface area contributed by atoms with E-state index in [1.165, 1.54) is 0 Å². The monoisotopic (exact) mass is 350 g/mol. The standard InChI is InChI=1S/C11H15BrN2O4S/c1-14(5-8-4-9(12)19-7-8)11(17)13-2-3-18-6-10(15)16/h4,7H,2-3,5-6H2,1H3,(H,13,17)(H,15,16). The molecule has 1 aromatic heterocycles. The number of thiophene rings is 1. The summed E-state index contributed by atoms with van der Waals surface area (Å²) in [6.45, 7) is 0.623. The molecule has 0 saturated heterocycles. The predicted octanol–water partition coefficient (Wildman–Crippen LogP) is 1.75. The number of hydrogen-bond donors (Lipinski definition) is 2. The maximum absolute atomic E-state index is 11.7. The Labute approximate surface area is 123 Å². The van der Waals surface area contributed by atoms with Crippen molar-refractivity contribution in [2.45, 2.75) is 6.54 Å². The second-order valence-corrected chi connectivity index (χ2v) is 6.08. The molecule has 0 aliphatic rings. The molecule has 0 fully saturated rings. The molecule has 0 bridgehead atoms. The number of aliphatic carboxylic acids is 1. The highest BCUT2D eigenvalue weighted by Gasteiger charge is 2.09. The van der Waals surface area contributed by atoms with Crippen LogP contribution in [-0.2, 0) is 16.1 Å². The highest BCUT2D eigenvalue weighted by Crippen LogP contribution is 2.21. The van der Waals surface area contributed by atoms with Crippen LogP contribution in [0.3, 0.4) is 0 Å². The number of halogens is 1. The Morgan fingerprint density at radius 3 is 2.89 bits per heavy atom. The molecule has 2 amide bonds. The summed E-state index contributed by atoms with van der Waals surface area (Å²) in [4.78, 5) is 23.4. The molecule has 0 aliphatic carbocycles. The quantitative estimate of drug-likeness (QED) is 0.734. The smallest absolute Gasteiger partial charge is 0.329 e. The number of amides is 2. The van der Waals surface area contributed by atoms with Crippen LogP contribution >= 0.6 is 27.3 Å². The SMILES string of the molecule is CN(Cc1csc(Br)c1)C(=O)NCCOCC(=O)O. The number of rotatable bonds is 7. The minimum absolute atomic E-state index is 0.176. The molecule has 6 nitrogen and oxygen atoms in total. The summed E-state index contributed by atoms with van der Waals surface area (Å²) in [5, 5.41) is 13.0. The number of carbonyl (C=O) groups excluding carboxylic acids is 1. The number of ether oxygens (including phenoxy) is 1. The lowest BCUT2D eigenvalue weighted by Crippen LogP contribution is -2.38. The third-order valence-corrected chi connectivity index (χ3v) is 3.69. The zero-order valence-electron chi connectivity index (χ0n) is 10.4. The van der Waals surface area contributed by atoms with Crippen molar-refractivity contribution < 1.29 is 19.4 Å². The number of hydrogen-bond acceptors (Lipinski definition) is 4. The van der Waals surface area contributed by atoms with Crippen LogP contribution in [-0.4, -0.2) is 48.8 Å². The van der Waals surface area contributed by atoms with Gasteiger partial charge in [0.1, 0.15) is 6.61 Å². The van der Waals surface area contributed by atoms with Gasteiger partial charge < -0.3 is 20.1 Å². The number of nitrogens with one attached hydrogen (secondary N) is 1. The van der Waals surface area contributed by atoms with Crippen LogP contribution in [0.2, 0.25) is 0 Å². The summed E-state index contributed by atoms with van der Waals surface area (Å²) in [6, 6.07) is 1.74. The first-order valence-corrected chi connectivity index (χ1v) is 7.17. The van der Waals surface area contributed by atoms with Crippen molar-refractivity contribution in [3.8, 4) is 0 Å². The van der Waals surface area contributed by atoms with Gasteiger partial charge in [-0.1, -0.05) is 0 Å². The van der Waals surface area contributed by atoms with E-state index in [1.54, 1.807) is 23.3 Å². The Bertz CT molecular complexity index is 438. The summed E-state index contributed by atoms with van der Waals surface area (Å²) in [5.41, 5.74) is 1.05. The first kappa shape index (κ1) is 15.9. The lowest BCUT2D eigenvalue weighted by atomic mass is 10.3. The first-order chi connectivity index (χ1) is 8.99. The number of carboxylic acid groups (broad SMARTS) is 1. The summed E-state index contributed by atoms with van der Waals surface area (Å²) >= 11 is 4.93. The average Bonchev–Trinajstić information content (AvgIpc) is 2.73. The van der Waals surface area contributed by atoms with Crippen molar-refractivity contribution in [1.82, 2.24) is 10.2 Å². The van der Waals surface area contributed by atoms with E-state index in [1.807, 2.05) is 11.4 Å². The van der Waals surface area contributed by atoms with Gasteiger partial charge in [0.05, 0.1) is 10.4 Å². The molecule has 8 heteroatoms. The second kappa shape index (κ2) is 8.13. The minimum atomic E-state index is -1.02. The molecule has 1 aromatic rings. The molecule has 0 saturated carbocycles. The molecule has 0 aromatic carbocycles. The van der Waals surface area contributed by atoms with Crippen LogP contribution in [0.1, 0.15) is 5.56 Å². The van der Waals surface area contributed by atoms with Gasteiger partial charge in [-0.2, -0.15) is 0 Å². The van der Waals surface area contributed by atoms with Crippen molar-refractivity contribution in [2.75, 3.05) is 26.8 Å². The zero-order chi connectivity index (χ0) is 14.3. The lowest BCUT2D eigenvalue weighted by Gasteiger charge is -2.17. The Kier molecular flexibility index (Phi) is 6.82. The second-order valence-electron chi connectivity index (χ2n) is 3.79. The van der Waals surface area contributed by atoms with E-state index >= 15 is 0 Å². The van der Waals surface area contributed by atoms with Gasteiger partial charge in [0.15, 0.2) is 0 Å². The van der Waals surface area contributed by atoms with Gasteiger partial charge in [0.2, 0.25) is 0 Å². The van der Waals surface area contributed by atoms with Crippen LogP contribution in [0.25, 0.3) is 0 Å². The molecular formula is C11H15BrN2O4S. The molecule has 0 unspecified atom stereocenters. The minimum Gasteiger partial charge on any atom is -0.480 e. The normalized spacial score (nSPS) is 10.2. The molecule has 2 N–H and O–H groups in total. The van der Waals surface area contributed by atoms with Gasteiger partial charge in [0, 0.05) is 20.1 Å². The van der Waals surface area contributed by atoms with Gasteiger partial charge >= 0.3 is 12.0 Å². The average molecular weight is 351 g/mol. The fraction of sp³-hybridized carbons (Fsp3) is 0.455. The summed E-state index contributed by atoms with van der Waals surface area (Å²) < 4.78 is 5.84. The van der Waals surface area contributed by atoms with Gasteiger partial charge in [-0.05, 0) is 32.9 Å². The zero-order valence-corrected chi connectivity index (χ0v) is 12.8. The van der Waals surface area contributed by atoms with E-state index in [0.29, 0.717) is 6.54 Å². The van der Waals surface area contributed by atoms with Crippen LogP contribution < -0.4 is 5.32 Å². The third-order valence-electron chi connectivity index (χ3n) is 2.14. The Morgan fingerprint density at radius 1 is 1.58 bits per heavy atom. The molecule has 19 heavy (non-hydrogen) atoms. The number of carboxylic acids is 1. The van der Waals surface area contributed by atoms with Crippen LogP contribution in [0, 0.1) is 0 Å². The number of carbonyl (C=O) groups is 2. The van der Waals surface area contributed by atoms with Gasteiger partial charge in [-0.15, -0.1) is 11.3 Å². The fourth-order valence-electron chi connectivity index (χ4n) is 1.30. The summed E-state index contributed by atoms with van der Waals surface area (Å²) in [5.74, 6) is -1.02. The fourth-order valence-corrected chi connectivity index (χ4v) is 2.50. The van der Waals surface area contributed by atoms with Crippen molar-refractivity contribution in [3.05, 3.63) is 20.8 Å². The number of urea groups is 1. The lowest BCUT2D eigenvalue weighted by molar-refractivity contribution is -0.142. The maximum Gasteiger partial charge on any atom is 0.329 e. The Hall–Kier alpha value is -1.12.